The maximum Gasteiger partial charge on any atom is 0.153 e. The van der Waals surface area contributed by atoms with E-state index in [-0.39, 0.29) is 0 Å². The fourth-order valence-electron chi connectivity index (χ4n) is 2.21. The van der Waals surface area contributed by atoms with Crippen LogP contribution in [0.15, 0.2) is 43.0 Å². The lowest BCUT2D eigenvalue weighted by atomic mass is 10.1. The van der Waals surface area contributed by atoms with Gasteiger partial charge in [0.2, 0.25) is 0 Å². The summed E-state index contributed by atoms with van der Waals surface area (Å²) in [5, 5.41) is 12.1. The molecule has 1 heterocycles. The second kappa shape index (κ2) is 5.91. The summed E-state index contributed by atoms with van der Waals surface area (Å²) in [6.07, 6.45) is 0. The number of halogens is 2. The lowest BCUT2D eigenvalue weighted by molar-refractivity contribution is 0.892. The van der Waals surface area contributed by atoms with Gasteiger partial charge in [0.05, 0.1) is 15.6 Å². The molecular formula is C16H14Cl2N4. The van der Waals surface area contributed by atoms with E-state index in [4.69, 9.17) is 28.9 Å². The van der Waals surface area contributed by atoms with Gasteiger partial charge in [-0.25, -0.2) is 0 Å². The zero-order valence-corrected chi connectivity index (χ0v) is 13.2. The van der Waals surface area contributed by atoms with Gasteiger partial charge in [0.1, 0.15) is 0 Å². The fraction of sp³-hybridized carbons (Fsp3) is 0.0625. The highest BCUT2D eigenvalue weighted by Crippen LogP contribution is 2.26. The van der Waals surface area contributed by atoms with Crippen LogP contribution in [0.5, 0.6) is 0 Å². The number of nitrogens with two attached hydrogens (primary N) is 1. The Morgan fingerprint density at radius 3 is 2.91 bits per heavy atom. The van der Waals surface area contributed by atoms with Crippen LogP contribution in [0.4, 0.5) is 5.82 Å². The zero-order valence-electron chi connectivity index (χ0n) is 11.7. The summed E-state index contributed by atoms with van der Waals surface area (Å²) in [6, 6.07) is 11.4. The second-order valence-electron chi connectivity index (χ2n) is 4.91. The van der Waals surface area contributed by atoms with Gasteiger partial charge in [0.15, 0.2) is 5.82 Å². The minimum Gasteiger partial charge on any atom is -0.382 e. The molecular weight excluding hydrogens is 319 g/mol. The maximum absolute atomic E-state index is 6.18. The van der Waals surface area contributed by atoms with E-state index in [1.54, 1.807) is 6.07 Å². The molecule has 3 aromatic rings. The summed E-state index contributed by atoms with van der Waals surface area (Å²) in [7, 11) is 0. The Morgan fingerprint density at radius 1 is 1.27 bits per heavy atom. The van der Waals surface area contributed by atoms with Gasteiger partial charge in [-0.2, -0.15) is 5.10 Å². The number of H-pyrrole nitrogens is 1. The topological polar surface area (TPSA) is 66.7 Å². The van der Waals surface area contributed by atoms with E-state index in [1.165, 1.54) is 0 Å². The normalized spacial score (nSPS) is 10.8. The SMILES string of the molecule is C=C(NCc1cccc(Cl)c1Cl)c1ccc2[nH]nc(N)c2c1. The van der Waals surface area contributed by atoms with E-state index in [2.05, 4.69) is 22.1 Å². The number of rotatable bonds is 4. The van der Waals surface area contributed by atoms with E-state index < -0.39 is 0 Å². The number of anilines is 1. The first-order valence-corrected chi connectivity index (χ1v) is 7.41. The van der Waals surface area contributed by atoms with Crippen molar-refractivity contribution in [2.24, 2.45) is 0 Å². The Hall–Kier alpha value is -2.17. The zero-order chi connectivity index (χ0) is 15.7. The number of aromatic nitrogens is 2. The lowest BCUT2D eigenvalue weighted by Gasteiger charge is -2.11. The van der Waals surface area contributed by atoms with E-state index in [9.17, 15) is 0 Å². The van der Waals surface area contributed by atoms with Gasteiger partial charge in [0.25, 0.3) is 0 Å². The first-order chi connectivity index (χ1) is 10.6. The number of nitrogen functional groups attached to an aromatic ring is 1. The van der Waals surface area contributed by atoms with Gasteiger partial charge in [-0.1, -0.05) is 48.0 Å². The summed E-state index contributed by atoms with van der Waals surface area (Å²) in [5.74, 6) is 0.475. The van der Waals surface area contributed by atoms with Crippen molar-refractivity contribution in [2.75, 3.05) is 5.73 Å². The van der Waals surface area contributed by atoms with Crippen molar-refractivity contribution in [3.8, 4) is 0 Å². The molecule has 22 heavy (non-hydrogen) atoms. The Kier molecular flexibility index (Phi) is 3.96. The Labute approximate surface area is 137 Å². The molecule has 0 fully saturated rings. The van der Waals surface area contributed by atoms with Crippen LogP contribution in [0.2, 0.25) is 10.0 Å². The van der Waals surface area contributed by atoms with Gasteiger partial charge < -0.3 is 11.1 Å². The average molecular weight is 333 g/mol. The minimum absolute atomic E-state index is 0.475. The molecule has 0 radical (unpaired) electrons. The highest BCUT2D eigenvalue weighted by molar-refractivity contribution is 6.42. The van der Waals surface area contributed by atoms with Crippen molar-refractivity contribution in [3.63, 3.8) is 0 Å². The highest BCUT2D eigenvalue weighted by Gasteiger charge is 2.07. The predicted octanol–water partition coefficient (Wildman–Crippen LogP) is 4.21. The van der Waals surface area contributed by atoms with E-state index in [0.29, 0.717) is 22.4 Å². The van der Waals surface area contributed by atoms with Crippen LogP contribution in [0, 0.1) is 0 Å². The van der Waals surface area contributed by atoms with Gasteiger partial charge >= 0.3 is 0 Å². The molecule has 2 aromatic carbocycles. The van der Waals surface area contributed by atoms with Gasteiger partial charge in [-0.15, -0.1) is 0 Å². The number of benzene rings is 2. The summed E-state index contributed by atoms with van der Waals surface area (Å²) in [5.41, 5.74) is 9.35. The van der Waals surface area contributed by atoms with Crippen molar-refractivity contribution in [3.05, 3.63) is 64.1 Å². The maximum atomic E-state index is 6.18. The molecule has 4 nitrogen and oxygen atoms in total. The monoisotopic (exact) mass is 332 g/mol. The Balaban J connectivity index is 1.78. The van der Waals surface area contributed by atoms with E-state index >= 15 is 0 Å². The molecule has 0 unspecified atom stereocenters. The fourth-order valence-corrected chi connectivity index (χ4v) is 2.60. The smallest absolute Gasteiger partial charge is 0.153 e. The van der Waals surface area contributed by atoms with Crippen molar-refractivity contribution in [1.82, 2.24) is 15.5 Å². The molecule has 0 aliphatic carbocycles. The first kappa shape index (κ1) is 14.8. The van der Waals surface area contributed by atoms with Gasteiger partial charge in [-0.3, -0.25) is 5.10 Å². The molecule has 0 spiro atoms. The Morgan fingerprint density at radius 2 is 2.09 bits per heavy atom. The van der Waals surface area contributed by atoms with Crippen LogP contribution < -0.4 is 11.1 Å². The van der Waals surface area contributed by atoms with Crippen molar-refractivity contribution in [2.45, 2.75) is 6.54 Å². The second-order valence-corrected chi connectivity index (χ2v) is 5.70. The molecule has 0 bridgehead atoms. The molecule has 4 N–H and O–H groups in total. The molecule has 0 saturated carbocycles. The molecule has 6 heteroatoms. The van der Waals surface area contributed by atoms with Crippen LogP contribution in [0.25, 0.3) is 16.6 Å². The molecule has 0 atom stereocenters. The van der Waals surface area contributed by atoms with Crippen molar-refractivity contribution >= 4 is 45.6 Å². The van der Waals surface area contributed by atoms with Crippen LogP contribution in [0.3, 0.4) is 0 Å². The van der Waals surface area contributed by atoms with Crippen LogP contribution in [-0.2, 0) is 6.54 Å². The molecule has 0 aliphatic rings. The van der Waals surface area contributed by atoms with Crippen molar-refractivity contribution < 1.29 is 0 Å². The van der Waals surface area contributed by atoms with Gasteiger partial charge in [0, 0.05) is 17.6 Å². The summed E-state index contributed by atoms with van der Waals surface area (Å²) < 4.78 is 0. The molecule has 112 valence electrons. The van der Waals surface area contributed by atoms with E-state index in [0.717, 1.165) is 27.7 Å². The largest absolute Gasteiger partial charge is 0.382 e. The summed E-state index contributed by atoms with van der Waals surface area (Å²) in [4.78, 5) is 0. The molecule has 1 aromatic heterocycles. The number of hydrogen-bond acceptors (Lipinski definition) is 3. The first-order valence-electron chi connectivity index (χ1n) is 6.66. The predicted molar refractivity (Wildman–Crippen MR) is 92.8 cm³/mol. The third-order valence-electron chi connectivity index (χ3n) is 3.46. The number of aromatic amines is 1. The number of nitrogens with zero attached hydrogens (tertiary/aromatic N) is 1. The minimum atomic E-state index is 0.475. The number of fused-ring (bicyclic) bond motifs is 1. The lowest BCUT2D eigenvalue weighted by Crippen LogP contribution is -2.11. The average Bonchev–Trinajstić information content (AvgIpc) is 2.89. The standard InChI is InChI=1S/C16H14Cl2N4/c1-9(20-8-11-3-2-4-13(17)15(11)18)10-5-6-14-12(7-10)16(19)22-21-14/h2-7,20H,1,8H2,(H3,19,21,22). The highest BCUT2D eigenvalue weighted by atomic mass is 35.5. The van der Waals surface area contributed by atoms with Crippen LogP contribution >= 0.6 is 23.2 Å². The molecule has 0 aliphatic heterocycles. The third kappa shape index (κ3) is 2.75. The van der Waals surface area contributed by atoms with Gasteiger partial charge in [-0.05, 0) is 29.3 Å². The van der Waals surface area contributed by atoms with Crippen LogP contribution in [-0.4, -0.2) is 10.2 Å². The third-order valence-corrected chi connectivity index (χ3v) is 4.32. The molecule has 0 saturated heterocycles. The molecule has 0 amide bonds. The summed E-state index contributed by atoms with van der Waals surface area (Å²) in [6.45, 7) is 4.59. The van der Waals surface area contributed by atoms with Crippen LogP contribution in [0.1, 0.15) is 11.1 Å². The number of nitrogens with one attached hydrogen (secondary N) is 2. The Bertz CT molecular complexity index is 854. The quantitative estimate of drug-likeness (QED) is 0.670. The van der Waals surface area contributed by atoms with Crippen molar-refractivity contribution in [1.29, 1.82) is 0 Å². The number of hydrogen-bond donors (Lipinski definition) is 3. The summed E-state index contributed by atoms with van der Waals surface area (Å²) >= 11 is 12.2. The molecule has 3 rings (SSSR count). The van der Waals surface area contributed by atoms with E-state index in [1.807, 2.05) is 30.3 Å².